The third-order valence-corrected chi connectivity index (χ3v) is 3.60. The Morgan fingerprint density at radius 1 is 1.00 bits per heavy atom. The lowest BCUT2D eigenvalue weighted by Crippen LogP contribution is -2.36. The zero-order chi connectivity index (χ0) is 17.7. The topological polar surface area (TPSA) is 66.6 Å². The Kier molecular flexibility index (Phi) is 11.6. The van der Waals surface area contributed by atoms with Crippen LogP contribution in [0.4, 0.5) is 0 Å². The average Bonchev–Trinajstić information content (AvgIpc) is 2.54. The van der Waals surface area contributed by atoms with Gasteiger partial charge >= 0.3 is 0 Å². The van der Waals surface area contributed by atoms with Gasteiger partial charge in [-0.1, -0.05) is 49.7 Å². The summed E-state index contributed by atoms with van der Waals surface area (Å²) in [7, 11) is 1.76. The number of carbonyl (C=O) groups is 2. The van der Waals surface area contributed by atoms with E-state index in [0.29, 0.717) is 6.54 Å². The van der Waals surface area contributed by atoms with Crippen molar-refractivity contribution >= 4 is 11.8 Å². The number of hydrogen-bond acceptors (Lipinski definition) is 3. The number of nitrogens with two attached hydrogens (primary N) is 1. The van der Waals surface area contributed by atoms with Gasteiger partial charge in [0.05, 0.1) is 0 Å². The maximum Gasteiger partial charge on any atom is 0.222 e. The van der Waals surface area contributed by atoms with Crippen molar-refractivity contribution in [3.05, 3.63) is 35.9 Å². The Bertz CT molecular complexity index is 445. The summed E-state index contributed by atoms with van der Waals surface area (Å²) in [6, 6.07) is 10.3. The van der Waals surface area contributed by atoms with E-state index in [1.165, 1.54) is 5.56 Å². The molecule has 130 valence electrons. The van der Waals surface area contributed by atoms with Crippen LogP contribution in [-0.2, 0) is 9.59 Å². The quantitative estimate of drug-likeness (QED) is 0.797. The van der Waals surface area contributed by atoms with Gasteiger partial charge < -0.3 is 15.5 Å². The molecule has 0 radical (unpaired) electrons. The first kappa shape index (κ1) is 21.1. The van der Waals surface area contributed by atoms with Gasteiger partial charge in [0.15, 0.2) is 0 Å². The normalized spacial score (nSPS) is 9.96. The lowest BCUT2D eigenvalue weighted by Gasteiger charge is -2.23. The summed E-state index contributed by atoms with van der Waals surface area (Å²) >= 11 is 0. The van der Waals surface area contributed by atoms with Crippen LogP contribution in [0.15, 0.2) is 30.3 Å². The molecule has 1 aromatic carbocycles. The van der Waals surface area contributed by atoms with Crippen molar-refractivity contribution < 1.29 is 9.59 Å². The summed E-state index contributed by atoms with van der Waals surface area (Å²) in [4.78, 5) is 26.0. The number of benzene rings is 1. The second kappa shape index (κ2) is 12.6. The molecular formula is C18H31N3O2. The first-order chi connectivity index (χ1) is 10.9. The molecule has 5 nitrogen and oxygen atoms in total. The van der Waals surface area contributed by atoms with Crippen LogP contribution in [0.1, 0.15) is 32.3 Å². The number of primary amides is 1. The van der Waals surface area contributed by atoms with E-state index in [1.807, 2.05) is 18.2 Å². The fourth-order valence-corrected chi connectivity index (χ4v) is 1.91. The molecule has 0 aliphatic carbocycles. The molecule has 5 heteroatoms. The molecule has 0 bridgehead atoms. The molecule has 0 atom stereocenters. The van der Waals surface area contributed by atoms with Gasteiger partial charge in [-0.2, -0.15) is 0 Å². The van der Waals surface area contributed by atoms with E-state index in [-0.39, 0.29) is 18.7 Å². The third kappa shape index (κ3) is 11.4. The summed E-state index contributed by atoms with van der Waals surface area (Å²) in [6.07, 6.45) is 0.346. The molecule has 0 spiro atoms. The molecule has 1 aromatic rings. The van der Waals surface area contributed by atoms with Gasteiger partial charge in [0, 0.05) is 33.0 Å². The Morgan fingerprint density at radius 3 is 1.96 bits per heavy atom. The van der Waals surface area contributed by atoms with E-state index in [1.54, 1.807) is 11.9 Å². The number of likely N-dealkylation sites (N-methyl/N-ethyl adjacent to an activating group) is 2. The lowest BCUT2D eigenvalue weighted by atomic mass is 10.2. The van der Waals surface area contributed by atoms with Gasteiger partial charge in [0.25, 0.3) is 0 Å². The van der Waals surface area contributed by atoms with E-state index in [0.717, 1.165) is 19.6 Å². The summed E-state index contributed by atoms with van der Waals surface area (Å²) in [6.45, 7) is 9.81. The van der Waals surface area contributed by atoms with Crippen molar-refractivity contribution in [1.82, 2.24) is 9.80 Å². The van der Waals surface area contributed by atoms with Crippen molar-refractivity contribution in [3.8, 4) is 0 Å². The molecule has 2 amide bonds. The van der Waals surface area contributed by atoms with E-state index < -0.39 is 5.91 Å². The van der Waals surface area contributed by atoms with Crippen LogP contribution >= 0.6 is 0 Å². The van der Waals surface area contributed by atoms with Gasteiger partial charge in [0.2, 0.25) is 11.8 Å². The van der Waals surface area contributed by atoms with Crippen LogP contribution in [0.5, 0.6) is 0 Å². The minimum atomic E-state index is -0.425. The van der Waals surface area contributed by atoms with Crippen molar-refractivity contribution in [2.45, 2.75) is 33.6 Å². The Hall–Kier alpha value is -1.88. The second-order valence-corrected chi connectivity index (χ2v) is 5.46. The highest BCUT2D eigenvalue weighted by atomic mass is 16.2. The average molecular weight is 321 g/mol. The fourth-order valence-electron chi connectivity index (χ4n) is 1.91. The standard InChI is InChI=1S/C11H23N3O2.C7H8/c1-4-14(5-2)9-8-13(3)11(16)7-6-10(12)15;1-7-5-3-2-4-6-7/h4-9H2,1-3H3,(H2,12,15);2-6H,1H3. The summed E-state index contributed by atoms with van der Waals surface area (Å²) in [5.41, 5.74) is 6.31. The van der Waals surface area contributed by atoms with Crippen molar-refractivity contribution in [1.29, 1.82) is 0 Å². The summed E-state index contributed by atoms with van der Waals surface area (Å²) < 4.78 is 0. The van der Waals surface area contributed by atoms with Gasteiger partial charge in [0.1, 0.15) is 0 Å². The second-order valence-electron chi connectivity index (χ2n) is 5.46. The van der Waals surface area contributed by atoms with Crippen molar-refractivity contribution in [2.24, 2.45) is 5.73 Å². The molecule has 1 rings (SSSR count). The molecule has 23 heavy (non-hydrogen) atoms. The van der Waals surface area contributed by atoms with Crippen molar-refractivity contribution in [3.63, 3.8) is 0 Å². The number of hydrogen-bond donors (Lipinski definition) is 1. The number of amides is 2. The molecule has 0 aromatic heterocycles. The van der Waals surface area contributed by atoms with Crippen LogP contribution < -0.4 is 5.73 Å². The monoisotopic (exact) mass is 321 g/mol. The zero-order valence-corrected chi connectivity index (χ0v) is 14.9. The molecule has 0 fully saturated rings. The van der Waals surface area contributed by atoms with Crippen LogP contribution in [0.25, 0.3) is 0 Å². The number of aryl methyl sites for hydroxylation is 1. The smallest absolute Gasteiger partial charge is 0.222 e. The predicted octanol–water partition coefficient (Wildman–Crippen LogP) is 2.05. The Balaban J connectivity index is 0.000000568. The molecule has 2 N–H and O–H groups in total. The van der Waals surface area contributed by atoms with E-state index in [2.05, 4.69) is 37.8 Å². The first-order valence-corrected chi connectivity index (χ1v) is 8.16. The molecule has 0 saturated carbocycles. The minimum Gasteiger partial charge on any atom is -0.370 e. The van der Waals surface area contributed by atoms with Crippen LogP contribution in [-0.4, -0.2) is 54.8 Å². The Labute approximate surface area is 140 Å². The maximum absolute atomic E-state index is 11.5. The highest BCUT2D eigenvalue weighted by molar-refractivity contribution is 5.82. The largest absolute Gasteiger partial charge is 0.370 e. The molecule has 0 saturated heterocycles. The minimum absolute atomic E-state index is 0.0223. The third-order valence-electron chi connectivity index (χ3n) is 3.60. The maximum atomic E-state index is 11.5. The van der Waals surface area contributed by atoms with Gasteiger partial charge in [-0.15, -0.1) is 0 Å². The first-order valence-electron chi connectivity index (χ1n) is 8.16. The molecule has 0 heterocycles. The summed E-state index contributed by atoms with van der Waals surface area (Å²) in [5.74, 6) is -0.448. The molecular weight excluding hydrogens is 290 g/mol. The highest BCUT2D eigenvalue weighted by Gasteiger charge is 2.10. The van der Waals surface area contributed by atoms with Gasteiger partial charge in [-0.25, -0.2) is 0 Å². The predicted molar refractivity (Wildman–Crippen MR) is 95.0 cm³/mol. The van der Waals surface area contributed by atoms with Crippen molar-refractivity contribution in [2.75, 3.05) is 33.2 Å². The van der Waals surface area contributed by atoms with E-state index >= 15 is 0 Å². The van der Waals surface area contributed by atoms with Gasteiger partial charge in [-0.3, -0.25) is 9.59 Å². The molecule has 0 aliphatic heterocycles. The molecule has 0 unspecified atom stereocenters. The number of nitrogens with zero attached hydrogens (tertiary/aromatic N) is 2. The van der Waals surface area contributed by atoms with Crippen LogP contribution in [0.2, 0.25) is 0 Å². The van der Waals surface area contributed by atoms with E-state index in [9.17, 15) is 9.59 Å². The Morgan fingerprint density at radius 2 is 1.57 bits per heavy atom. The number of carbonyl (C=O) groups excluding carboxylic acids is 2. The fraction of sp³-hybridized carbons (Fsp3) is 0.556. The van der Waals surface area contributed by atoms with E-state index in [4.69, 9.17) is 5.73 Å². The zero-order valence-electron chi connectivity index (χ0n) is 14.9. The highest BCUT2D eigenvalue weighted by Crippen LogP contribution is 1.96. The number of rotatable bonds is 8. The van der Waals surface area contributed by atoms with Crippen LogP contribution in [0.3, 0.4) is 0 Å². The van der Waals surface area contributed by atoms with Crippen LogP contribution in [0, 0.1) is 6.92 Å². The SMILES string of the molecule is CCN(CC)CCN(C)C(=O)CCC(N)=O.Cc1ccccc1. The summed E-state index contributed by atoms with van der Waals surface area (Å²) in [5, 5.41) is 0. The molecule has 0 aliphatic rings. The lowest BCUT2D eigenvalue weighted by molar-refractivity contribution is -0.132. The van der Waals surface area contributed by atoms with Gasteiger partial charge in [-0.05, 0) is 20.0 Å².